The summed E-state index contributed by atoms with van der Waals surface area (Å²) in [6.45, 7) is 7.56. The second-order valence-electron chi connectivity index (χ2n) is 7.54. The number of hydrogen-bond donors (Lipinski definition) is 1. The molecule has 7 heteroatoms. The van der Waals surface area contributed by atoms with Crippen LogP contribution in [0.2, 0.25) is 0 Å². The molecule has 1 heterocycles. The van der Waals surface area contributed by atoms with Crippen molar-refractivity contribution in [2.75, 3.05) is 0 Å². The molecular formula is C17H25N3O4. The molecule has 1 aliphatic carbocycles. The van der Waals surface area contributed by atoms with Gasteiger partial charge in [0.05, 0.1) is 4.92 Å². The number of carbonyl (C=O) groups excluding carboxylic acids is 1. The molecule has 24 heavy (non-hydrogen) atoms. The van der Waals surface area contributed by atoms with Gasteiger partial charge in [-0.2, -0.15) is 0 Å². The lowest BCUT2D eigenvalue weighted by Crippen LogP contribution is -2.42. The molecule has 0 saturated heterocycles. The number of carbonyl (C=O) groups is 1. The summed E-state index contributed by atoms with van der Waals surface area (Å²) in [5, 5.41) is 14.1. The summed E-state index contributed by atoms with van der Waals surface area (Å²) in [4.78, 5) is 26.7. The predicted molar refractivity (Wildman–Crippen MR) is 89.8 cm³/mol. The molecule has 1 saturated carbocycles. The standard InChI is InChI=1S/C17H25N3O4/c1-11-7-12(14-5-6-18-10-15(14)20(22)23)9-13(8-11)19-16(21)24-17(2,3)4/h5-6,10-13H,7-9H2,1-4H3,(H,19,21)/t11-,12-,13-/m1/s1. The third-order valence-electron chi connectivity index (χ3n) is 4.13. The molecule has 3 atom stereocenters. The van der Waals surface area contributed by atoms with Crippen molar-refractivity contribution < 1.29 is 14.5 Å². The number of amides is 1. The van der Waals surface area contributed by atoms with Crippen molar-refractivity contribution in [3.05, 3.63) is 34.1 Å². The first-order valence-corrected chi connectivity index (χ1v) is 8.23. The zero-order chi connectivity index (χ0) is 17.9. The summed E-state index contributed by atoms with van der Waals surface area (Å²) in [6.07, 6.45) is 4.80. The summed E-state index contributed by atoms with van der Waals surface area (Å²) in [6, 6.07) is 1.66. The van der Waals surface area contributed by atoms with Gasteiger partial charge in [-0.3, -0.25) is 15.1 Å². The summed E-state index contributed by atoms with van der Waals surface area (Å²) in [7, 11) is 0. The molecule has 7 nitrogen and oxygen atoms in total. The zero-order valence-corrected chi connectivity index (χ0v) is 14.6. The van der Waals surface area contributed by atoms with Crippen LogP contribution in [0.1, 0.15) is 58.4 Å². The topological polar surface area (TPSA) is 94.4 Å². The van der Waals surface area contributed by atoms with Crippen LogP contribution >= 0.6 is 0 Å². The first-order valence-electron chi connectivity index (χ1n) is 8.23. The van der Waals surface area contributed by atoms with Gasteiger partial charge in [-0.15, -0.1) is 0 Å². The monoisotopic (exact) mass is 335 g/mol. The minimum Gasteiger partial charge on any atom is -0.444 e. The maximum absolute atomic E-state index is 12.0. The summed E-state index contributed by atoms with van der Waals surface area (Å²) in [5.74, 6) is 0.383. The minimum atomic E-state index is -0.548. The van der Waals surface area contributed by atoms with Crippen LogP contribution in [-0.4, -0.2) is 27.6 Å². The molecule has 1 aromatic heterocycles. The Morgan fingerprint density at radius 2 is 2.08 bits per heavy atom. The molecule has 0 unspecified atom stereocenters. The summed E-state index contributed by atoms with van der Waals surface area (Å²) in [5.41, 5.74) is 0.193. The molecule has 2 rings (SSSR count). The van der Waals surface area contributed by atoms with Crippen molar-refractivity contribution in [1.29, 1.82) is 0 Å². The van der Waals surface area contributed by atoms with Crippen LogP contribution in [0.15, 0.2) is 18.5 Å². The predicted octanol–water partition coefficient (Wildman–Crippen LogP) is 3.79. The third-order valence-corrected chi connectivity index (χ3v) is 4.13. The van der Waals surface area contributed by atoms with Crippen LogP contribution in [0.4, 0.5) is 10.5 Å². The normalized spacial score (nSPS) is 24.2. The van der Waals surface area contributed by atoms with Gasteiger partial charge in [-0.1, -0.05) is 6.92 Å². The van der Waals surface area contributed by atoms with Crippen LogP contribution in [0.25, 0.3) is 0 Å². The SMILES string of the molecule is C[C@H]1C[C@@H](NC(=O)OC(C)(C)C)C[C@H](c2ccncc2[N+](=O)[O-])C1. The Hall–Kier alpha value is -2.18. The molecule has 0 aromatic carbocycles. The van der Waals surface area contributed by atoms with E-state index in [-0.39, 0.29) is 17.6 Å². The molecule has 1 amide bonds. The van der Waals surface area contributed by atoms with Crippen LogP contribution in [0.3, 0.4) is 0 Å². The van der Waals surface area contributed by atoms with Crippen molar-refractivity contribution >= 4 is 11.8 Å². The van der Waals surface area contributed by atoms with E-state index >= 15 is 0 Å². The highest BCUT2D eigenvalue weighted by molar-refractivity contribution is 5.68. The highest BCUT2D eigenvalue weighted by Crippen LogP contribution is 2.39. The molecule has 1 fully saturated rings. The first kappa shape index (κ1) is 18.2. The van der Waals surface area contributed by atoms with Crippen molar-refractivity contribution in [2.24, 2.45) is 5.92 Å². The average molecular weight is 335 g/mol. The fourth-order valence-electron chi connectivity index (χ4n) is 3.34. The minimum absolute atomic E-state index is 0.0251. The van der Waals surface area contributed by atoms with E-state index in [9.17, 15) is 14.9 Å². The largest absolute Gasteiger partial charge is 0.444 e. The van der Waals surface area contributed by atoms with Crippen LogP contribution in [0.5, 0.6) is 0 Å². The Kier molecular flexibility index (Phi) is 5.41. The van der Waals surface area contributed by atoms with E-state index in [1.807, 2.05) is 20.8 Å². The maximum Gasteiger partial charge on any atom is 0.407 e. The van der Waals surface area contributed by atoms with E-state index < -0.39 is 16.6 Å². The Morgan fingerprint density at radius 3 is 2.71 bits per heavy atom. The van der Waals surface area contributed by atoms with Gasteiger partial charge < -0.3 is 10.1 Å². The van der Waals surface area contributed by atoms with Crippen molar-refractivity contribution in [2.45, 2.75) is 64.5 Å². The van der Waals surface area contributed by atoms with Crippen LogP contribution < -0.4 is 5.32 Å². The number of rotatable bonds is 3. The molecule has 1 aromatic rings. The fraction of sp³-hybridized carbons (Fsp3) is 0.647. The van der Waals surface area contributed by atoms with Gasteiger partial charge >= 0.3 is 6.09 Å². The molecule has 0 spiro atoms. The molecule has 0 radical (unpaired) electrons. The lowest BCUT2D eigenvalue weighted by atomic mass is 9.76. The Balaban J connectivity index is 2.11. The summed E-state index contributed by atoms with van der Waals surface area (Å²) >= 11 is 0. The van der Waals surface area contributed by atoms with E-state index in [1.165, 1.54) is 6.20 Å². The van der Waals surface area contributed by atoms with Crippen molar-refractivity contribution in [1.82, 2.24) is 10.3 Å². The number of nitro groups is 1. The lowest BCUT2D eigenvalue weighted by molar-refractivity contribution is -0.386. The number of ether oxygens (including phenoxy) is 1. The van der Waals surface area contributed by atoms with E-state index in [4.69, 9.17) is 4.74 Å². The number of alkyl carbamates (subject to hydrolysis) is 1. The molecule has 1 N–H and O–H groups in total. The van der Waals surface area contributed by atoms with Gasteiger partial charge in [-0.25, -0.2) is 4.79 Å². The zero-order valence-electron chi connectivity index (χ0n) is 14.6. The Morgan fingerprint density at radius 1 is 1.38 bits per heavy atom. The average Bonchev–Trinajstić information content (AvgIpc) is 2.44. The maximum atomic E-state index is 12.0. The Labute approximate surface area is 142 Å². The van der Waals surface area contributed by atoms with Gasteiger partial charge in [-0.05, 0) is 57.9 Å². The molecule has 1 aliphatic rings. The number of nitrogens with zero attached hydrogens (tertiary/aromatic N) is 2. The number of nitrogens with one attached hydrogen (secondary N) is 1. The highest BCUT2D eigenvalue weighted by Gasteiger charge is 2.32. The van der Waals surface area contributed by atoms with Gasteiger partial charge in [0, 0.05) is 17.8 Å². The van der Waals surface area contributed by atoms with E-state index in [0.717, 1.165) is 12.8 Å². The molecule has 0 bridgehead atoms. The number of aromatic nitrogens is 1. The van der Waals surface area contributed by atoms with Crippen molar-refractivity contribution in [3.8, 4) is 0 Å². The quantitative estimate of drug-likeness (QED) is 0.670. The molecule has 132 valence electrons. The second kappa shape index (κ2) is 7.15. The molecular weight excluding hydrogens is 310 g/mol. The molecule has 0 aliphatic heterocycles. The summed E-state index contributed by atoms with van der Waals surface area (Å²) < 4.78 is 5.31. The smallest absolute Gasteiger partial charge is 0.407 e. The number of hydrogen-bond acceptors (Lipinski definition) is 5. The van der Waals surface area contributed by atoms with E-state index in [0.29, 0.717) is 17.9 Å². The van der Waals surface area contributed by atoms with Crippen molar-refractivity contribution in [3.63, 3.8) is 0 Å². The fourth-order valence-corrected chi connectivity index (χ4v) is 3.34. The van der Waals surface area contributed by atoms with Gasteiger partial charge in [0.15, 0.2) is 0 Å². The van der Waals surface area contributed by atoms with E-state index in [1.54, 1.807) is 12.3 Å². The van der Waals surface area contributed by atoms with Crippen LogP contribution in [0, 0.1) is 16.0 Å². The third kappa shape index (κ3) is 4.91. The number of pyridine rings is 1. The van der Waals surface area contributed by atoms with Gasteiger partial charge in [0.1, 0.15) is 11.8 Å². The van der Waals surface area contributed by atoms with E-state index in [2.05, 4.69) is 17.2 Å². The second-order valence-corrected chi connectivity index (χ2v) is 7.54. The van der Waals surface area contributed by atoms with Gasteiger partial charge in [0.25, 0.3) is 5.69 Å². The first-order chi connectivity index (χ1) is 11.2. The lowest BCUT2D eigenvalue weighted by Gasteiger charge is -2.34. The van der Waals surface area contributed by atoms with Gasteiger partial charge in [0.2, 0.25) is 0 Å². The highest BCUT2D eigenvalue weighted by atomic mass is 16.6. The van der Waals surface area contributed by atoms with Crippen LogP contribution in [-0.2, 0) is 4.74 Å². The Bertz CT molecular complexity index is 612.